The Morgan fingerprint density at radius 1 is 1.39 bits per heavy atom. The van der Waals surface area contributed by atoms with Gasteiger partial charge in [-0.25, -0.2) is 14.8 Å². The van der Waals surface area contributed by atoms with Gasteiger partial charge in [-0.1, -0.05) is 6.92 Å². The van der Waals surface area contributed by atoms with Crippen LogP contribution in [-0.4, -0.2) is 21.0 Å². The number of pyridine rings is 1. The van der Waals surface area contributed by atoms with Gasteiger partial charge in [0.25, 0.3) is 0 Å². The number of carboxylic acids is 1. The number of aromatic nitrogens is 2. The number of nitrogens with one attached hydrogen (secondary N) is 1. The second kappa shape index (κ2) is 5.31. The van der Waals surface area contributed by atoms with Gasteiger partial charge in [-0.3, -0.25) is 0 Å². The molecule has 2 heterocycles. The minimum absolute atomic E-state index is 0.0185. The van der Waals surface area contributed by atoms with Crippen molar-refractivity contribution < 1.29 is 14.3 Å². The number of carbonyl (C=O) groups is 1. The lowest BCUT2D eigenvalue weighted by Gasteiger charge is -2.03. The SMILES string of the molecule is CCc1cnc(CNc2ccc(C(=O)O)nc2)o1. The smallest absolute Gasteiger partial charge is 0.354 e. The van der Waals surface area contributed by atoms with E-state index in [2.05, 4.69) is 15.3 Å². The summed E-state index contributed by atoms with van der Waals surface area (Å²) in [4.78, 5) is 18.5. The van der Waals surface area contributed by atoms with Gasteiger partial charge in [-0.05, 0) is 12.1 Å². The molecule has 2 aromatic heterocycles. The highest BCUT2D eigenvalue weighted by Gasteiger charge is 2.05. The fraction of sp³-hybridized carbons (Fsp3) is 0.250. The van der Waals surface area contributed by atoms with Crippen LogP contribution in [0.15, 0.2) is 28.9 Å². The Bertz CT molecular complexity index is 534. The summed E-state index contributed by atoms with van der Waals surface area (Å²) in [6.07, 6.45) is 3.97. The Balaban J connectivity index is 1.95. The molecular formula is C12H13N3O3. The van der Waals surface area contributed by atoms with Crippen molar-refractivity contribution in [2.24, 2.45) is 0 Å². The van der Waals surface area contributed by atoms with Crippen molar-refractivity contribution >= 4 is 11.7 Å². The molecule has 6 nitrogen and oxygen atoms in total. The highest BCUT2D eigenvalue weighted by Crippen LogP contribution is 2.09. The Kier molecular flexibility index (Phi) is 3.57. The first-order chi connectivity index (χ1) is 8.69. The van der Waals surface area contributed by atoms with Crippen LogP contribution in [0.5, 0.6) is 0 Å². The molecular weight excluding hydrogens is 234 g/mol. The average Bonchev–Trinajstić information content (AvgIpc) is 2.85. The second-order valence-corrected chi connectivity index (χ2v) is 3.66. The fourth-order valence-electron chi connectivity index (χ4n) is 1.40. The van der Waals surface area contributed by atoms with Crippen LogP contribution in [0.25, 0.3) is 0 Å². The molecule has 0 radical (unpaired) electrons. The maximum Gasteiger partial charge on any atom is 0.354 e. The summed E-state index contributed by atoms with van der Waals surface area (Å²) in [6, 6.07) is 3.10. The molecule has 0 aliphatic heterocycles. The van der Waals surface area contributed by atoms with Gasteiger partial charge in [-0.15, -0.1) is 0 Å². The van der Waals surface area contributed by atoms with E-state index in [0.29, 0.717) is 12.4 Å². The summed E-state index contributed by atoms with van der Waals surface area (Å²) >= 11 is 0. The van der Waals surface area contributed by atoms with Crippen molar-refractivity contribution in [1.29, 1.82) is 0 Å². The zero-order chi connectivity index (χ0) is 13.0. The number of hydrogen-bond acceptors (Lipinski definition) is 5. The van der Waals surface area contributed by atoms with Crippen LogP contribution < -0.4 is 5.32 Å². The molecule has 0 saturated heterocycles. The topological polar surface area (TPSA) is 88.2 Å². The van der Waals surface area contributed by atoms with E-state index < -0.39 is 5.97 Å². The first-order valence-corrected chi connectivity index (χ1v) is 5.56. The molecule has 0 fully saturated rings. The Morgan fingerprint density at radius 2 is 2.22 bits per heavy atom. The lowest BCUT2D eigenvalue weighted by molar-refractivity contribution is 0.0690. The van der Waals surface area contributed by atoms with E-state index in [1.165, 1.54) is 12.3 Å². The van der Waals surface area contributed by atoms with Gasteiger partial charge < -0.3 is 14.8 Å². The predicted molar refractivity (Wildman–Crippen MR) is 64.4 cm³/mol. The van der Waals surface area contributed by atoms with E-state index >= 15 is 0 Å². The van der Waals surface area contributed by atoms with Gasteiger partial charge in [-0.2, -0.15) is 0 Å². The summed E-state index contributed by atoms with van der Waals surface area (Å²) in [5, 5.41) is 11.8. The van der Waals surface area contributed by atoms with Gasteiger partial charge in [0.1, 0.15) is 11.5 Å². The van der Waals surface area contributed by atoms with Crippen molar-refractivity contribution in [2.75, 3.05) is 5.32 Å². The molecule has 0 saturated carbocycles. The minimum Gasteiger partial charge on any atom is -0.477 e. The van der Waals surface area contributed by atoms with Gasteiger partial charge in [0.15, 0.2) is 0 Å². The highest BCUT2D eigenvalue weighted by atomic mass is 16.4. The molecule has 2 N–H and O–H groups in total. The average molecular weight is 247 g/mol. The van der Waals surface area contributed by atoms with E-state index in [-0.39, 0.29) is 5.69 Å². The van der Waals surface area contributed by atoms with Crippen LogP contribution in [0, 0.1) is 0 Å². The third-order valence-electron chi connectivity index (χ3n) is 2.38. The summed E-state index contributed by atoms with van der Waals surface area (Å²) in [7, 11) is 0. The molecule has 0 bridgehead atoms. The minimum atomic E-state index is -1.04. The van der Waals surface area contributed by atoms with E-state index in [9.17, 15) is 4.79 Å². The normalized spacial score (nSPS) is 10.3. The summed E-state index contributed by atoms with van der Waals surface area (Å²) < 4.78 is 5.43. The number of aryl methyl sites for hydroxylation is 1. The maximum absolute atomic E-state index is 10.6. The Hall–Kier alpha value is -2.37. The predicted octanol–water partition coefficient (Wildman–Crippen LogP) is 1.94. The molecule has 6 heteroatoms. The lowest BCUT2D eigenvalue weighted by Crippen LogP contribution is -2.03. The van der Waals surface area contributed by atoms with Crippen LogP contribution in [0.4, 0.5) is 5.69 Å². The third-order valence-corrected chi connectivity index (χ3v) is 2.38. The molecule has 0 aromatic carbocycles. The van der Waals surface area contributed by atoms with Crippen LogP contribution >= 0.6 is 0 Å². The van der Waals surface area contributed by atoms with Crippen molar-refractivity contribution in [1.82, 2.24) is 9.97 Å². The summed E-state index contributed by atoms with van der Waals surface area (Å²) in [5.74, 6) is 0.391. The van der Waals surface area contributed by atoms with Crippen molar-refractivity contribution in [2.45, 2.75) is 19.9 Å². The molecule has 2 aromatic rings. The van der Waals surface area contributed by atoms with Crippen LogP contribution in [0.1, 0.15) is 29.1 Å². The van der Waals surface area contributed by atoms with E-state index in [0.717, 1.165) is 17.9 Å². The van der Waals surface area contributed by atoms with Gasteiger partial charge in [0, 0.05) is 6.42 Å². The molecule has 0 atom stereocenters. The Morgan fingerprint density at radius 3 is 2.78 bits per heavy atom. The molecule has 2 rings (SSSR count). The first kappa shape index (κ1) is 12.1. The second-order valence-electron chi connectivity index (χ2n) is 3.66. The number of nitrogens with zero attached hydrogens (tertiary/aromatic N) is 2. The van der Waals surface area contributed by atoms with Crippen LogP contribution in [0.3, 0.4) is 0 Å². The molecule has 0 aliphatic rings. The van der Waals surface area contributed by atoms with Gasteiger partial charge >= 0.3 is 5.97 Å². The van der Waals surface area contributed by atoms with Crippen molar-refractivity contribution in [3.63, 3.8) is 0 Å². The van der Waals surface area contributed by atoms with E-state index in [1.54, 1.807) is 12.3 Å². The number of oxazole rings is 1. The largest absolute Gasteiger partial charge is 0.477 e. The maximum atomic E-state index is 10.6. The fourth-order valence-corrected chi connectivity index (χ4v) is 1.40. The van der Waals surface area contributed by atoms with Crippen LogP contribution in [-0.2, 0) is 13.0 Å². The number of anilines is 1. The third kappa shape index (κ3) is 2.85. The Labute approximate surface area is 104 Å². The van der Waals surface area contributed by atoms with Gasteiger partial charge in [0.2, 0.25) is 5.89 Å². The molecule has 0 spiro atoms. The molecule has 0 aliphatic carbocycles. The van der Waals surface area contributed by atoms with Crippen molar-refractivity contribution in [3.05, 3.63) is 41.9 Å². The summed E-state index contributed by atoms with van der Waals surface area (Å²) in [6.45, 7) is 2.43. The molecule has 0 amide bonds. The first-order valence-electron chi connectivity index (χ1n) is 5.56. The monoisotopic (exact) mass is 247 g/mol. The molecule has 18 heavy (non-hydrogen) atoms. The number of hydrogen-bond donors (Lipinski definition) is 2. The lowest BCUT2D eigenvalue weighted by atomic mass is 10.3. The van der Waals surface area contributed by atoms with Crippen molar-refractivity contribution in [3.8, 4) is 0 Å². The standard InChI is InChI=1S/C12H13N3O3/c1-2-9-6-15-11(18-9)7-13-8-3-4-10(12(16)17)14-5-8/h3-6,13H,2,7H2,1H3,(H,16,17). The van der Waals surface area contributed by atoms with E-state index in [1.807, 2.05) is 6.92 Å². The number of rotatable bonds is 5. The highest BCUT2D eigenvalue weighted by molar-refractivity contribution is 5.85. The quantitative estimate of drug-likeness (QED) is 0.839. The van der Waals surface area contributed by atoms with Gasteiger partial charge in [0.05, 0.1) is 24.6 Å². The number of aromatic carboxylic acids is 1. The van der Waals surface area contributed by atoms with Crippen LogP contribution in [0.2, 0.25) is 0 Å². The zero-order valence-electron chi connectivity index (χ0n) is 9.88. The van der Waals surface area contributed by atoms with E-state index in [4.69, 9.17) is 9.52 Å². The summed E-state index contributed by atoms with van der Waals surface area (Å²) in [5.41, 5.74) is 0.737. The molecule has 94 valence electrons. The zero-order valence-corrected chi connectivity index (χ0v) is 9.88. The molecule has 0 unspecified atom stereocenters. The number of carboxylic acid groups (broad SMARTS) is 1.